The van der Waals surface area contributed by atoms with E-state index in [9.17, 15) is 4.79 Å². The van der Waals surface area contributed by atoms with Crippen molar-refractivity contribution in [3.63, 3.8) is 0 Å². The fraction of sp³-hybridized carbons (Fsp3) is 0.706. The van der Waals surface area contributed by atoms with Crippen molar-refractivity contribution in [2.45, 2.75) is 66.7 Å². The van der Waals surface area contributed by atoms with E-state index < -0.39 is 5.24 Å². The summed E-state index contributed by atoms with van der Waals surface area (Å²) in [6.07, 6.45) is 11.7. The predicted octanol–water partition coefficient (Wildman–Crippen LogP) is 5.89. The van der Waals surface area contributed by atoms with E-state index in [0.29, 0.717) is 11.3 Å². The Hall–Kier alpha value is -0.560. The van der Waals surface area contributed by atoms with Crippen molar-refractivity contribution in [1.82, 2.24) is 0 Å². The highest BCUT2D eigenvalue weighted by molar-refractivity contribution is 6.66. The third-order valence-corrected chi connectivity index (χ3v) is 3.88. The minimum atomic E-state index is -0.406. The zero-order valence-corrected chi connectivity index (χ0v) is 13.9. The third kappa shape index (κ3) is 11.0. The van der Waals surface area contributed by atoms with Gasteiger partial charge in [-0.05, 0) is 48.3 Å². The summed E-state index contributed by atoms with van der Waals surface area (Å²) in [5.74, 6) is 0.698. The Balaban J connectivity index is 3.91. The molecule has 0 amide bonds. The second-order valence-electron chi connectivity index (χ2n) is 6.35. The van der Waals surface area contributed by atoms with Crippen LogP contribution < -0.4 is 0 Å². The molecule has 110 valence electrons. The SMILES string of the molecule is CCC(C)(C)CCCC(C)C/C=C/C(C)=C/C(=O)Cl. The minimum Gasteiger partial charge on any atom is -0.276 e. The van der Waals surface area contributed by atoms with Gasteiger partial charge in [0.25, 0.3) is 0 Å². The van der Waals surface area contributed by atoms with Gasteiger partial charge in [-0.3, -0.25) is 4.79 Å². The molecule has 0 aliphatic heterocycles. The normalized spacial score (nSPS) is 14.9. The first-order valence-corrected chi connectivity index (χ1v) is 7.69. The molecule has 1 atom stereocenters. The molecule has 0 saturated heterocycles. The van der Waals surface area contributed by atoms with E-state index in [1.807, 2.05) is 13.0 Å². The third-order valence-electron chi connectivity index (χ3n) is 3.77. The van der Waals surface area contributed by atoms with Crippen molar-refractivity contribution in [2.75, 3.05) is 0 Å². The molecule has 0 radical (unpaired) electrons. The van der Waals surface area contributed by atoms with E-state index in [2.05, 4.69) is 33.8 Å². The molecule has 0 aliphatic carbocycles. The van der Waals surface area contributed by atoms with E-state index in [0.717, 1.165) is 12.0 Å². The number of carbonyl (C=O) groups excluding carboxylic acids is 1. The largest absolute Gasteiger partial charge is 0.276 e. The number of hydrogen-bond donors (Lipinski definition) is 0. The van der Waals surface area contributed by atoms with Gasteiger partial charge in [-0.1, -0.05) is 59.1 Å². The Kier molecular flexibility index (Phi) is 9.08. The monoisotopic (exact) mass is 284 g/mol. The summed E-state index contributed by atoms with van der Waals surface area (Å²) in [7, 11) is 0. The van der Waals surface area contributed by atoms with Crippen LogP contribution in [0.25, 0.3) is 0 Å². The van der Waals surface area contributed by atoms with Crippen molar-refractivity contribution in [2.24, 2.45) is 11.3 Å². The molecule has 0 spiro atoms. The van der Waals surface area contributed by atoms with Crippen LogP contribution in [0.4, 0.5) is 0 Å². The van der Waals surface area contributed by atoms with Crippen LogP contribution in [0.15, 0.2) is 23.8 Å². The number of carbonyl (C=O) groups is 1. The van der Waals surface area contributed by atoms with E-state index in [-0.39, 0.29) is 0 Å². The number of allylic oxidation sites excluding steroid dienone is 4. The molecule has 0 aromatic heterocycles. The van der Waals surface area contributed by atoms with E-state index in [4.69, 9.17) is 11.6 Å². The first-order chi connectivity index (χ1) is 8.76. The van der Waals surface area contributed by atoms with Crippen LogP contribution in [0.5, 0.6) is 0 Å². The molecule has 1 nitrogen and oxygen atoms in total. The van der Waals surface area contributed by atoms with Gasteiger partial charge >= 0.3 is 0 Å². The van der Waals surface area contributed by atoms with Gasteiger partial charge in [0, 0.05) is 6.08 Å². The molecule has 0 fully saturated rings. The predicted molar refractivity (Wildman–Crippen MR) is 85.5 cm³/mol. The zero-order valence-electron chi connectivity index (χ0n) is 13.1. The van der Waals surface area contributed by atoms with Crippen LogP contribution in [0, 0.1) is 11.3 Å². The Morgan fingerprint density at radius 3 is 2.53 bits per heavy atom. The van der Waals surface area contributed by atoms with Crippen LogP contribution in [0.2, 0.25) is 0 Å². The van der Waals surface area contributed by atoms with E-state index in [1.165, 1.54) is 31.8 Å². The summed E-state index contributed by atoms with van der Waals surface area (Å²) >= 11 is 5.29. The summed E-state index contributed by atoms with van der Waals surface area (Å²) < 4.78 is 0. The van der Waals surface area contributed by atoms with Gasteiger partial charge < -0.3 is 0 Å². The topological polar surface area (TPSA) is 17.1 Å². The molecule has 1 unspecified atom stereocenters. The van der Waals surface area contributed by atoms with Gasteiger partial charge in [0.15, 0.2) is 0 Å². The lowest BCUT2D eigenvalue weighted by Crippen LogP contribution is -2.09. The lowest BCUT2D eigenvalue weighted by atomic mass is 9.83. The maximum Gasteiger partial charge on any atom is 0.245 e. The lowest BCUT2D eigenvalue weighted by Gasteiger charge is -2.23. The summed E-state index contributed by atoms with van der Waals surface area (Å²) in [4.78, 5) is 10.7. The van der Waals surface area contributed by atoms with Gasteiger partial charge in [-0.2, -0.15) is 0 Å². The summed E-state index contributed by atoms with van der Waals surface area (Å²) in [5.41, 5.74) is 1.40. The molecule has 0 aromatic carbocycles. The maximum absolute atomic E-state index is 10.7. The average molecular weight is 285 g/mol. The van der Waals surface area contributed by atoms with Crippen LogP contribution in [0.1, 0.15) is 66.7 Å². The number of halogens is 1. The Morgan fingerprint density at radius 1 is 1.37 bits per heavy atom. The van der Waals surface area contributed by atoms with Crippen LogP contribution in [-0.4, -0.2) is 5.24 Å². The molecular weight excluding hydrogens is 256 g/mol. The molecule has 0 rings (SSSR count). The standard InChI is InChI=1S/C17H29ClO/c1-6-17(4,5)12-8-11-14(2)9-7-10-15(3)13-16(18)19/h7,10,13-14H,6,8-9,11-12H2,1-5H3/b10-7+,15-13+. The molecule has 0 heterocycles. The first kappa shape index (κ1) is 18.4. The quantitative estimate of drug-likeness (QED) is 0.293. The summed E-state index contributed by atoms with van der Waals surface area (Å²) in [5, 5.41) is -0.406. The fourth-order valence-electron chi connectivity index (χ4n) is 1.94. The van der Waals surface area contributed by atoms with Gasteiger partial charge in [0.05, 0.1) is 0 Å². The molecule has 0 aromatic rings. The van der Waals surface area contributed by atoms with Crippen molar-refractivity contribution in [3.05, 3.63) is 23.8 Å². The van der Waals surface area contributed by atoms with Crippen molar-refractivity contribution >= 4 is 16.8 Å². The van der Waals surface area contributed by atoms with Gasteiger partial charge in [-0.25, -0.2) is 0 Å². The average Bonchev–Trinajstić information content (AvgIpc) is 2.27. The van der Waals surface area contributed by atoms with Gasteiger partial charge in [-0.15, -0.1) is 0 Å². The molecule has 0 N–H and O–H groups in total. The molecule has 0 saturated carbocycles. The Labute approximate surface area is 124 Å². The van der Waals surface area contributed by atoms with Crippen molar-refractivity contribution in [3.8, 4) is 0 Å². The lowest BCUT2D eigenvalue weighted by molar-refractivity contribution is -0.107. The van der Waals surface area contributed by atoms with Gasteiger partial charge in [0.1, 0.15) is 0 Å². The molecule has 2 heteroatoms. The smallest absolute Gasteiger partial charge is 0.245 e. The Morgan fingerprint density at radius 2 is 2.00 bits per heavy atom. The zero-order chi connectivity index (χ0) is 14.9. The minimum absolute atomic E-state index is 0.406. The molecular formula is C17H29ClO. The van der Waals surface area contributed by atoms with Crippen LogP contribution in [0.3, 0.4) is 0 Å². The molecule has 0 aliphatic rings. The summed E-state index contributed by atoms with van der Waals surface area (Å²) in [6.45, 7) is 11.1. The fourth-order valence-corrected chi connectivity index (χ4v) is 2.11. The van der Waals surface area contributed by atoms with E-state index >= 15 is 0 Å². The van der Waals surface area contributed by atoms with E-state index in [1.54, 1.807) is 0 Å². The highest BCUT2D eigenvalue weighted by Crippen LogP contribution is 2.28. The second kappa shape index (κ2) is 9.36. The van der Waals surface area contributed by atoms with Gasteiger partial charge in [0.2, 0.25) is 5.24 Å². The first-order valence-electron chi connectivity index (χ1n) is 7.31. The molecule has 0 bridgehead atoms. The highest BCUT2D eigenvalue weighted by atomic mass is 35.5. The summed E-state index contributed by atoms with van der Waals surface area (Å²) in [6, 6.07) is 0. The van der Waals surface area contributed by atoms with Crippen LogP contribution >= 0.6 is 11.6 Å². The Bertz CT molecular complexity index is 326. The molecule has 19 heavy (non-hydrogen) atoms. The maximum atomic E-state index is 10.7. The van der Waals surface area contributed by atoms with Crippen molar-refractivity contribution < 1.29 is 4.79 Å². The number of hydrogen-bond acceptors (Lipinski definition) is 1. The number of rotatable bonds is 9. The van der Waals surface area contributed by atoms with Crippen molar-refractivity contribution in [1.29, 1.82) is 0 Å². The van der Waals surface area contributed by atoms with Crippen LogP contribution in [-0.2, 0) is 4.79 Å². The highest BCUT2D eigenvalue weighted by Gasteiger charge is 2.14. The second-order valence-corrected chi connectivity index (χ2v) is 6.72.